The summed E-state index contributed by atoms with van der Waals surface area (Å²) >= 11 is 0. The highest BCUT2D eigenvalue weighted by molar-refractivity contribution is 5.37. The molecule has 84 valence electrons. The Hall–Kier alpha value is -0.860. The largest absolute Gasteiger partial charge is 0.305 e. The molecule has 0 spiro atoms. The van der Waals surface area contributed by atoms with Gasteiger partial charge in [-0.3, -0.25) is 0 Å². The van der Waals surface area contributed by atoms with Gasteiger partial charge in [-0.25, -0.2) is 0 Å². The molecule has 1 aromatic rings. The van der Waals surface area contributed by atoms with E-state index in [1.54, 1.807) is 7.11 Å². The maximum absolute atomic E-state index is 4.93. The molecular formula is C13H21NO. The standard InChI is InChI=1S/C13H21NO/c1-9-6-10(2)13(11(3)7-9)8-12(4)14-15-5/h6-7,12,14H,8H2,1-5H3/t12-/m0/s1. The SMILES string of the molecule is CON[C@@H](C)Cc1c(C)cc(C)cc1C. The van der Waals surface area contributed by atoms with Gasteiger partial charge in [-0.1, -0.05) is 17.7 Å². The fraction of sp³-hybridized carbons (Fsp3) is 0.538. The molecule has 0 bridgehead atoms. The Kier molecular flexibility index (Phi) is 4.30. The van der Waals surface area contributed by atoms with Crippen LogP contribution in [0.4, 0.5) is 0 Å². The number of nitrogens with one attached hydrogen (secondary N) is 1. The molecule has 0 heterocycles. The molecule has 2 heteroatoms. The number of hydroxylamine groups is 1. The van der Waals surface area contributed by atoms with Crippen LogP contribution in [0, 0.1) is 20.8 Å². The lowest BCUT2D eigenvalue weighted by molar-refractivity contribution is 0.0660. The molecule has 0 radical (unpaired) electrons. The highest BCUT2D eigenvalue weighted by Crippen LogP contribution is 2.17. The molecule has 0 amide bonds. The van der Waals surface area contributed by atoms with E-state index >= 15 is 0 Å². The minimum absolute atomic E-state index is 0.343. The first-order valence-corrected chi connectivity index (χ1v) is 5.39. The fourth-order valence-corrected chi connectivity index (χ4v) is 2.08. The van der Waals surface area contributed by atoms with Crippen molar-refractivity contribution in [2.24, 2.45) is 0 Å². The van der Waals surface area contributed by atoms with Gasteiger partial charge in [-0.15, -0.1) is 0 Å². The van der Waals surface area contributed by atoms with Crippen molar-refractivity contribution in [2.45, 2.75) is 40.2 Å². The molecule has 0 saturated carbocycles. The summed E-state index contributed by atoms with van der Waals surface area (Å²) in [5.41, 5.74) is 8.47. The molecule has 0 aliphatic rings. The van der Waals surface area contributed by atoms with Gasteiger partial charge in [-0.05, 0) is 50.8 Å². The van der Waals surface area contributed by atoms with Crippen LogP contribution in [0.5, 0.6) is 0 Å². The Labute approximate surface area is 92.6 Å². The van der Waals surface area contributed by atoms with Gasteiger partial charge in [0.1, 0.15) is 0 Å². The Morgan fingerprint density at radius 3 is 2.20 bits per heavy atom. The smallest absolute Gasteiger partial charge is 0.0572 e. The van der Waals surface area contributed by atoms with Crippen molar-refractivity contribution in [3.8, 4) is 0 Å². The molecule has 0 fully saturated rings. The van der Waals surface area contributed by atoms with E-state index in [-0.39, 0.29) is 0 Å². The third-order valence-electron chi connectivity index (χ3n) is 2.67. The van der Waals surface area contributed by atoms with Crippen LogP contribution in [-0.4, -0.2) is 13.2 Å². The summed E-state index contributed by atoms with van der Waals surface area (Å²) in [6, 6.07) is 4.82. The number of benzene rings is 1. The molecule has 0 aliphatic carbocycles. The first-order chi connectivity index (χ1) is 7.04. The Balaban J connectivity index is 2.85. The minimum atomic E-state index is 0.343. The van der Waals surface area contributed by atoms with Gasteiger partial charge in [0.15, 0.2) is 0 Å². The molecule has 1 atom stereocenters. The molecule has 1 rings (SSSR count). The van der Waals surface area contributed by atoms with E-state index in [0.717, 1.165) is 6.42 Å². The van der Waals surface area contributed by atoms with E-state index in [0.29, 0.717) is 6.04 Å². The number of rotatable bonds is 4. The quantitative estimate of drug-likeness (QED) is 0.766. The predicted molar refractivity (Wildman–Crippen MR) is 64.0 cm³/mol. The Bertz CT molecular complexity index is 310. The number of hydrogen-bond donors (Lipinski definition) is 1. The lowest BCUT2D eigenvalue weighted by Gasteiger charge is -2.16. The summed E-state index contributed by atoms with van der Waals surface area (Å²) in [5, 5.41) is 0. The third-order valence-corrected chi connectivity index (χ3v) is 2.67. The zero-order valence-corrected chi connectivity index (χ0v) is 10.3. The maximum Gasteiger partial charge on any atom is 0.0572 e. The van der Waals surface area contributed by atoms with Gasteiger partial charge in [0.2, 0.25) is 0 Å². The molecule has 0 unspecified atom stereocenters. The van der Waals surface area contributed by atoms with Gasteiger partial charge >= 0.3 is 0 Å². The molecule has 0 saturated heterocycles. The van der Waals surface area contributed by atoms with E-state index in [1.807, 2.05) is 0 Å². The van der Waals surface area contributed by atoms with E-state index < -0.39 is 0 Å². The van der Waals surface area contributed by atoms with Crippen LogP contribution in [0.25, 0.3) is 0 Å². The van der Waals surface area contributed by atoms with Gasteiger partial charge in [0, 0.05) is 6.04 Å². The van der Waals surface area contributed by atoms with Gasteiger partial charge in [0.25, 0.3) is 0 Å². The second-order valence-corrected chi connectivity index (χ2v) is 4.30. The maximum atomic E-state index is 4.93. The van der Waals surface area contributed by atoms with Crippen LogP contribution in [0.1, 0.15) is 29.2 Å². The normalized spacial score (nSPS) is 12.9. The summed E-state index contributed by atoms with van der Waals surface area (Å²) in [6.45, 7) is 8.62. The zero-order valence-electron chi connectivity index (χ0n) is 10.3. The van der Waals surface area contributed by atoms with Crippen molar-refractivity contribution in [2.75, 3.05) is 7.11 Å². The van der Waals surface area contributed by atoms with Gasteiger partial charge < -0.3 is 4.84 Å². The molecule has 0 aromatic heterocycles. The van der Waals surface area contributed by atoms with Crippen LogP contribution in [0.3, 0.4) is 0 Å². The van der Waals surface area contributed by atoms with E-state index in [4.69, 9.17) is 4.84 Å². The van der Waals surface area contributed by atoms with Crippen LogP contribution < -0.4 is 5.48 Å². The lowest BCUT2D eigenvalue weighted by atomic mass is 9.95. The van der Waals surface area contributed by atoms with Crippen molar-refractivity contribution in [3.63, 3.8) is 0 Å². The zero-order chi connectivity index (χ0) is 11.4. The number of hydrogen-bond acceptors (Lipinski definition) is 2. The van der Waals surface area contributed by atoms with Crippen LogP contribution in [0.15, 0.2) is 12.1 Å². The van der Waals surface area contributed by atoms with Gasteiger partial charge in [-0.2, -0.15) is 5.48 Å². The second-order valence-electron chi connectivity index (χ2n) is 4.30. The minimum Gasteiger partial charge on any atom is -0.305 e. The summed E-state index contributed by atoms with van der Waals surface area (Å²) < 4.78 is 0. The van der Waals surface area contributed by atoms with Crippen LogP contribution in [0.2, 0.25) is 0 Å². The summed E-state index contributed by atoms with van der Waals surface area (Å²) in [7, 11) is 1.66. The molecule has 1 N–H and O–H groups in total. The molecule has 15 heavy (non-hydrogen) atoms. The Morgan fingerprint density at radius 2 is 1.73 bits per heavy atom. The van der Waals surface area contributed by atoms with Crippen molar-refractivity contribution >= 4 is 0 Å². The molecule has 1 aromatic carbocycles. The first kappa shape index (κ1) is 12.2. The van der Waals surface area contributed by atoms with Crippen LogP contribution >= 0.6 is 0 Å². The first-order valence-electron chi connectivity index (χ1n) is 5.39. The number of aryl methyl sites for hydroxylation is 3. The molecule has 0 aliphatic heterocycles. The average Bonchev–Trinajstić information content (AvgIpc) is 2.11. The summed E-state index contributed by atoms with van der Waals surface area (Å²) in [4.78, 5) is 4.93. The van der Waals surface area contributed by atoms with E-state index in [2.05, 4.69) is 45.3 Å². The van der Waals surface area contributed by atoms with Crippen LogP contribution in [-0.2, 0) is 11.3 Å². The molecule has 2 nitrogen and oxygen atoms in total. The molecular weight excluding hydrogens is 186 g/mol. The average molecular weight is 207 g/mol. The second kappa shape index (κ2) is 5.29. The van der Waals surface area contributed by atoms with E-state index in [1.165, 1.54) is 22.3 Å². The third kappa shape index (κ3) is 3.33. The topological polar surface area (TPSA) is 21.3 Å². The van der Waals surface area contributed by atoms with Crippen molar-refractivity contribution < 1.29 is 4.84 Å². The van der Waals surface area contributed by atoms with Crippen molar-refractivity contribution in [1.29, 1.82) is 0 Å². The lowest BCUT2D eigenvalue weighted by Crippen LogP contribution is -2.27. The van der Waals surface area contributed by atoms with Crippen molar-refractivity contribution in [3.05, 3.63) is 34.4 Å². The summed E-state index contributed by atoms with van der Waals surface area (Å²) in [6.07, 6.45) is 1.01. The van der Waals surface area contributed by atoms with Gasteiger partial charge in [0.05, 0.1) is 7.11 Å². The fourth-order valence-electron chi connectivity index (χ4n) is 2.08. The van der Waals surface area contributed by atoms with Crippen molar-refractivity contribution in [1.82, 2.24) is 5.48 Å². The Morgan fingerprint density at radius 1 is 1.20 bits per heavy atom. The van der Waals surface area contributed by atoms with E-state index in [9.17, 15) is 0 Å². The summed E-state index contributed by atoms with van der Waals surface area (Å²) in [5.74, 6) is 0. The monoisotopic (exact) mass is 207 g/mol. The highest BCUT2D eigenvalue weighted by Gasteiger charge is 2.08. The predicted octanol–water partition coefficient (Wildman–Crippen LogP) is 2.69. The highest BCUT2D eigenvalue weighted by atomic mass is 16.6.